The molecular formula is C14H20N2O3. The minimum Gasteiger partial charge on any atom is -0.444 e. The summed E-state index contributed by atoms with van der Waals surface area (Å²) in [6.45, 7) is 6.74. The van der Waals surface area contributed by atoms with Gasteiger partial charge in [0, 0.05) is 31.5 Å². The molecular weight excluding hydrogens is 244 g/mol. The second-order valence-corrected chi connectivity index (χ2v) is 5.75. The van der Waals surface area contributed by atoms with Crippen molar-refractivity contribution in [2.45, 2.75) is 45.9 Å². The highest BCUT2D eigenvalue weighted by molar-refractivity contribution is 5.69. The van der Waals surface area contributed by atoms with Crippen LogP contribution in [0.3, 0.4) is 0 Å². The Balaban J connectivity index is 2.05. The molecule has 0 unspecified atom stereocenters. The first-order valence-corrected chi connectivity index (χ1v) is 6.44. The van der Waals surface area contributed by atoms with Crippen molar-refractivity contribution in [3.8, 4) is 0 Å². The molecule has 0 fully saturated rings. The molecule has 1 aromatic heterocycles. The summed E-state index contributed by atoms with van der Waals surface area (Å²) in [5.74, 6) is 0. The Hall–Kier alpha value is -1.62. The van der Waals surface area contributed by atoms with Crippen LogP contribution in [-0.2, 0) is 24.2 Å². The van der Waals surface area contributed by atoms with E-state index in [9.17, 15) is 4.79 Å². The predicted octanol–water partition coefficient (Wildman–Crippen LogP) is 1.87. The quantitative estimate of drug-likeness (QED) is 0.885. The van der Waals surface area contributed by atoms with Crippen LogP contribution in [-0.4, -0.2) is 33.3 Å². The highest BCUT2D eigenvalue weighted by Crippen LogP contribution is 2.24. The molecule has 1 aliphatic rings. The summed E-state index contributed by atoms with van der Waals surface area (Å²) in [6, 6.07) is 1.95. The molecule has 5 nitrogen and oxygen atoms in total. The number of aliphatic hydroxyl groups excluding tert-OH is 1. The van der Waals surface area contributed by atoms with Gasteiger partial charge in [-0.3, -0.25) is 9.88 Å². The van der Waals surface area contributed by atoms with Crippen molar-refractivity contribution < 1.29 is 14.6 Å². The standard InChI is InChI=1S/C14H20N2O3/c1-14(2,3)19-13(18)16-8-10-6-12(4-5-17)15-7-11(10)9-16/h6-7,17H,4-5,8-9H2,1-3H3. The largest absolute Gasteiger partial charge is 0.444 e. The fraction of sp³-hybridized carbons (Fsp3) is 0.571. The highest BCUT2D eigenvalue weighted by Gasteiger charge is 2.28. The normalized spacial score (nSPS) is 14.4. The number of aromatic nitrogens is 1. The van der Waals surface area contributed by atoms with Gasteiger partial charge in [-0.2, -0.15) is 0 Å². The van der Waals surface area contributed by atoms with Crippen molar-refractivity contribution >= 4 is 6.09 Å². The lowest BCUT2D eigenvalue weighted by Crippen LogP contribution is -2.33. The van der Waals surface area contributed by atoms with Crippen LogP contribution in [0.4, 0.5) is 4.79 Å². The Morgan fingerprint density at radius 1 is 1.42 bits per heavy atom. The van der Waals surface area contributed by atoms with E-state index in [4.69, 9.17) is 9.84 Å². The zero-order valence-corrected chi connectivity index (χ0v) is 11.6. The zero-order valence-electron chi connectivity index (χ0n) is 11.6. The molecule has 1 amide bonds. The van der Waals surface area contributed by atoms with Crippen LogP contribution in [0, 0.1) is 0 Å². The molecule has 0 aliphatic carbocycles. The van der Waals surface area contributed by atoms with Gasteiger partial charge in [0.15, 0.2) is 0 Å². The summed E-state index contributed by atoms with van der Waals surface area (Å²) in [5, 5.41) is 8.91. The van der Waals surface area contributed by atoms with Gasteiger partial charge in [-0.25, -0.2) is 4.79 Å². The van der Waals surface area contributed by atoms with Gasteiger partial charge in [0.2, 0.25) is 0 Å². The molecule has 104 valence electrons. The summed E-state index contributed by atoms with van der Waals surface area (Å²) in [6.07, 6.45) is 2.03. The molecule has 2 rings (SSSR count). The molecule has 0 saturated carbocycles. The Morgan fingerprint density at radius 3 is 2.74 bits per heavy atom. The van der Waals surface area contributed by atoms with Gasteiger partial charge in [-0.1, -0.05) is 0 Å². The number of amides is 1. The van der Waals surface area contributed by atoms with Crippen molar-refractivity contribution in [3.63, 3.8) is 0 Å². The summed E-state index contributed by atoms with van der Waals surface area (Å²) in [5.41, 5.74) is 2.51. The van der Waals surface area contributed by atoms with Crippen LogP contribution in [0.15, 0.2) is 12.3 Å². The van der Waals surface area contributed by atoms with Crippen LogP contribution < -0.4 is 0 Å². The number of ether oxygens (including phenoxy) is 1. The molecule has 5 heteroatoms. The van der Waals surface area contributed by atoms with Gasteiger partial charge in [-0.05, 0) is 38.0 Å². The number of carbonyl (C=O) groups excluding carboxylic acids is 1. The molecule has 19 heavy (non-hydrogen) atoms. The average Bonchev–Trinajstić information content (AvgIpc) is 2.70. The fourth-order valence-electron chi connectivity index (χ4n) is 2.04. The van der Waals surface area contributed by atoms with Crippen LogP contribution in [0.1, 0.15) is 37.6 Å². The average molecular weight is 264 g/mol. The van der Waals surface area contributed by atoms with Gasteiger partial charge in [0.25, 0.3) is 0 Å². The topological polar surface area (TPSA) is 62.7 Å². The van der Waals surface area contributed by atoms with E-state index in [0.29, 0.717) is 19.5 Å². The van der Waals surface area contributed by atoms with Crippen molar-refractivity contribution in [1.29, 1.82) is 0 Å². The molecule has 0 aromatic carbocycles. The number of aliphatic hydroxyl groups is 1. The molecule has 1 aromatic rings. The van der Waals surface area contributed by atoms with Gasteiger partial charge < -0.3 is 9.84 Å². The van der Waals surface area contributed by atoms with E-state index in [1.165, 1.54) is 0 Å². The van der Waals surface area contributed by atoms with Gasteiger partial charge in [0.1, 0.15) is 5.60 Å². The lowest BCUT2D eigenvalue weighted by molar-refractivity contribution is 0.0242. The molecule has 0 bridgehead atoms. The van der Waals surface area contributed by atoms with Crippen LogP contribution in [0.25, 0.3) is 0 Å². The summed E-state index contributed by atoms with van der Waals surface area (Å²) >= 11 is 0. The zero-order chi connectivity index (χ0) is 14.0. The first-order chi connectivity index (χ1) is 8.89. The number of nitrogens with zero attached hydrogens (tertiary/aromatic N) is 2. The molecule has 2 heterocycles. The summed E-state index contributed by atoms with van der Waals surface area (Å²) in [4.78, 5) is 17.9. The van der Waals surface area contributed by atoms with Gasteiger partial charge in [0.05, 0.1) is 6.54 Å². The number of carbonyl (C=O) groups is 1. The number of hydrogen-bond acceptors (Lipinski definition) is 4. The predicted molar refractivity (Wildman–Crippen MR) is 70.5 cm³/mol. The Bertz CT molecular complexity index is 480. The van der Waals surface area contributed by atoms with E-state index in [1.807, 2.05) is 26.8 Å². The summed E-state index contributed by atoms with van der Waals surface area (Å²) < 4.78 is 5.36. The van der Waals surface area contributed by atoms with Crippen molar-refractivity contribution in [1.82, 2.24) is 9.88 Å². The Morgan fingerprint density at radius 2 is 2.11 bits per heavy atom. The maximum atomic E-state index is 12.0. The number of rotatable bonds is 2. The maximum Gasteiger partial charge on any atom is 0.410 e. The lowest BCUT2D eigenvalue weighted by atomic mass is 10.1. The van der Waals surface area contributed by atoms with Crippen molar-refractivity contribution in [3.05, 3.63) is 29.1 Å². The second-order valence-electron chi connectivity index (χ2n) is 5.75. The Kier molecular flexibility index (Phi) is 3.75. The van der Waals surface area contributed by atoms with Gasteiger partial charge >= 0.3 is 6.09 Å². The van der Waals surface area contributed by atoms with E-state index >= 15 is 0 Å². The number of hydrogen-bond donors (Lipinski definition) is 1. The van der Waals surface area contributed by atoms with E-state index in [1.54, 1.807) is 11.1 Å². The third-order valence-electron chi connectivity index (χ3n) is 2.88. The van der Waals surface area contributed by atoms with Crippen LogP contribution in [0.2, 0.25) is 0 Å². The minimum absolute atomic E-state index is 0.0849. The molecule has 1 aliphatic heterocycles. The monoisotopic (exact) mass is 264 g/mol. The molecule has 0 spiro atoms. The van der Waals surface area contributed by atoms with Gasteiger partial charge in [-0.15, -0.1) is 0 Å². The summed E-state index contributed by atoms with van der Waals surface area (Å²) in [7, 11) is 0. The molecule has 0 saturated heterocycles. The number of fused-ring (bicyclic) bond motifs is 1. The molecule has 1 N–H and O–H groups in total. The smallest absolute Gasteiger partial charge is 0.410 e. The van der Waals surface area contributed by atoms with Crippen LogP contribution in [0.5, 0.6) is 0 Å². The Labute approximate surface area is 113 Å². The first-order valence-electron chi connectivity index (χ1n) is 6.44. The second kappa shape index (κ2) is 5.17. The van der Waals surface area contributed by atoms with E-state index in [0.717, 1.165) is 16.8 Å². The molecule has 0 radical (unpaired) electrons. The van der Waals surface area contributed by atoms with Crippen molar-refractivity contribution in [2.75, 3.05) is 6.61 Å². The van der Waals surface area contributed by atoms with E-state index < -0.39 is 5.60 Å². The van der Waals surface area contributed by atoms with E-state index in [2.05, 4.69) is 4.98 Å². The third kappa shape index (κ3) is 3.44. The SMILES string of the molecule is CC(C)(C)OC(=O)N1Cc2cnc(CCO)cc2C1. The highest BCUT2D eigenvalue weighted by atomic mass is 16.6. The lowest BCUT2D eigenvalue weighted by Gasteiger charge is -2.24. The minimum atomic E-state index is -0.480. The third-order valence-corrected chi connectivity index (χ3v) is 2.88. The molecule has 0 atom stereocenters. The fourth-order valence-corrected chi connectivity index (χ4v) is 2.04. The number of pyridine rings is 1. The van der Waals surface area contributed by atoms with E-state index in [-0.39, 0.29) is 12.7 Å². The first kappa shape index (κ1) is 13.8. The van der Waals surface area contributed by atoms with Crippen molar-refractivity contribution in [2.24, 2.45) is 0 Å². The maximum absolute atomic E-state index is 12.0. The van der Waals surface area contributed by atoms with Crippen LogP contribution >= 0.6 is 0 Å².